The molecule has 1 rings (SSSR count). The highest BCUT2D eigenvalue weighted by Crippen LogP contribution is 2.18. The number of hydrogen-bond donors (Lipinski definition) is 1. The molecular weight excluding hydrogens is 270 g/mol. The highest BCUT2D eigenvalue weighted by Gasteiger charge is 2.26. The number of thioether (sulfide) groups is 1. The lowest BCUT2D eigenvalue weighted by Gasteiger charge is -2.30. The van der Waals surface area contributed by atoms with Gasteiger partial charge in [-0.1, -0.05) is 0 Å². The molecule has 0 saturated carbocycles. The molecule has 0 radical (unpaired) electrons. The third kappa shape index (κ3) is 5.50. The number of carboxylic acid groups (broad SMARTS) is 1. The summed E-state index contributed by atoms with van der Waals surface area (Å²) in [7, 11) is 1.34. The number of rotatable bonds is 6. The molecule has 0 aromatic carbocycles. The molecule has 1 fully saturated rings. The second-order valence-corrected chi connectivity index (χ2v) is 5.48. The van der Waals surface area contributed by atoms with Gasteiger partial charge in [0.05, 0.1) is 25.2 Å². The molecule has 0 spiro atoms. The summed E-state index contributed by atoms with van der Waals surface area (Å²) < 4.78 is 4.50. The van der Waals surface area contributed by atoms with Crippen molar-refractivity contribution in [2.75, 3.05) is 31.7 Å². The predicted octanol–water partition coefficient (Wildman–Crippen LogP) is 0.606. The minimum atomic E-state index is -0.778. The van der Waals surface area contributed by atoms with Crippen LogP contribution in [0.4, 0.5) is 0 Å². The molecule has 0 aromatic rings. The molecule has 1 amide bonds. The zero-order valence-electron chi connectivity index (χ0n) is 11.0. The van der Waals surface area contributed by atoms with E-state index in [4.69, 9.17) is 5.11 Å². The van der Waals surface area contributed by atoms with Crippen molar-refractivity contribution in [3.05, 3.63) is 0 Å². The number of methoxy groups -OCH3 is 1. The molecule has 0 bridgehead atoms. The van der Waals surface area contributed by atoms with Crippen LogP contribution in [0.25, 0.3) is 0 Å². The second-order valence-electron chi connectivity index (χ2n) is 4.37. The van der Waals surface area contributed by atoms with Crippen molar-refractivity contribution in [1.29, 1.82) is 0 Å². The minimum absolute atomic E-state index is 0.0127. The zero-order valence-corrected chi connectivity index (χ0v) is 11.8. The van der Waals surface area contributed by atoms with Crippen molar-refractivity contribution in [2.45, 2.75) is 19.3 Å². The molecule has 0 unspecified atom stereocenters. The Labute approximate surface area is 116 Å². The van der Waals surface area contributed by atoms with Crippen LogP contribution in [-0.2, 0) is 19.1 Å². The van der Waals surface area contributed by atoms with Crippen LogP contribution < -0.4 is 0 Å². The Morgan fingerprint density at radius 2 is 1.95 bits per heavy atom. The van der Waals surface area contributed by atoms with E-state index in [0.29, 0.717) is 43.9 Å². The summed E-state index contributed by atoms with van der Waals surface area (Å²) >= 11 is 1.40. The number of likely N-dealkylation sites (tertiary alicyclic amines) is 1. The molecule has 1 heterocycles. The van der Waals surface area contributed by atoms with Crippen molar-refractivity contribution < 1.29 is 24.2 Å². The highest BCUT2D eigenvalue weighted by atomic mass is 32.2. The van der Waals surface area contributed by atoms with Gasteiger partial charge in [0.15, 0.2) is 0 Å². The number of aliphatic carboxylic acids is 1. The van der Waals surface area contributed by atoms with Crippen LogP contribution in [-0.4, -0.2) is 59.6 Å². The largest absolute Gasteiger partial charge is 0.481 e. The van der Waals surface area contributed by atoms with Crippen LogP contribution in [0.1, 0.15) is 19.3 Å². The molecule has 19 heavy (non-hydrogen) atoms. The van der Waals surface area contributed by atoms with Gasteiger partial charge in [-0.2, -0.15) is 11.8 Å². The summed E-state index contributed by atoms with van der Waals surface area (Å²) in [5.74, 6) is -0.477. The Hall–Kier alpha value is -1.24. The lowest BCUT2D eigenvalue weighted by molar-refractivity contribution is -0.145. The van der Waals surface area contributed by atoms with Gasteiger partial charge in [-0.25, -0.2) is 0 Å². The topological polar surface area (TPSA) is 83.9 Å². The van der Waals surface area contributed by atoms with E-state index in [-0.39, 0.29) is 17.8 Å². The average Bonchev–Trinajstić information content (AvgIpc) is 2.43. The van der Waals surface area contributed by atoms with E-state index in [1.54, 1.807) is 4.90 Å². The van der Waals surface area contributed by atoms with Gasteiger partial charge in [-0.15, -0.1) is 0 Å². The first-order valence-corrected chi connectivity index (χ1v) is 7.35. The fourth-order valence-electron chi connectivity index (χ4n) is 1.88. The van der Waals surface area contributed by atoms with Crippen molar-refractivity contribution in [3.63, 3.8) is 0 Å². The van der Waals surface area contributed by atoms with Crippen LogP contribution in [0, 0.1) is 5.92 Å². The van der Waals surface area contributed by atoms with Gasteiger partial charge >= 0.3 is 11.9 Å². The first-order chi connectivity index (χ1) is 9.04. The van der Waals surface area contributed by atoms with Crippen LogP contribution in [0.5, 0.6) is 0 Å². The Morgan fingerprint density at radius 3 is 2.47 bits per heavy atom. The average molecular weight is 289 g/mol. The second kappa shape index (κ2) is 8.04. The van der Waals surface area contributed by atoms with E-state index in [1.807, 2.05) is 0 Å². The van der Waals surface area contributed by atoms with Gasteiger partial charge < -0.3 is 14.7 Å². The monoisotopic (exact) mass is 289 g/mol. The first kappa shape index (κ1) is 15.8. The van der Waals surface area contributed by atoms with Gasteiger partial charge in [-0.3, -0.25) is 14.4 Å². The molecule has 1 aliphatic heterocycles. The summed E-state index contributed by atoms with van der Waals surface area (Å²) in [5.41, 5.74) is 0. The van der Waals surface area contributed by atoms with Crippen LogP contribution in [0.15, 0.2) is 0 Å². The van der Waals surface area contributed by atoms with Gasteiger partial charge in [0.1, 0.15) is 0 Å². The van der Waals surface area contributed by atoms with Gasteiger partial charge in [-0.05, 0) is 12.8 Å². The molecule has 7 heteroatoms. The van der Waals surface area contributed by atoms with E-state index in [9.17, 15) is 14.4 Å². The van der Waals surface area contributed by atoms with Gasteiger partial charge in [0, 0.05) is 18.8 Å². The Balaban J connectivity index is 2.17. The van der Waals surface area contributed by atoms with Crippen LogP contribution in [0.2, 0.25) is 0 Å². The number of carboxylic acids is 1. The fourth-order valence-corrected chi connectivity index (χ4v) is 2.70. The number of amides is 1. The molecule has 108 valence electrons. The maximum absolute atomic E-state index is 11.8. The smallest absolute Gasteiger partial charge is 0.306 e. The summed E-state index contributed by atoms with van der Waals surface area (Å²) in [6, 6.07) is 0. The number of carbonyl (C=O) groups excluding carboxylic acids is 2. The number of piperidine rings is 1. The third-order valence-corrected chi connectivity index (χ3v) is 4.04. The van der Waals surface area contributed by atoms with Crippen molar-refractivity contribution in [1.82, 2.24) is 4.90 Å². The van der Waals surface area contributed by atoms with E-state index in [0.717, 1.165) is 0 Å². The van der Waals surface area contributed by atoms with Crippen LogP contribution in [0.3, 0.4) is 0 Å². The Bertz CT molecular complexity index is 339. The normalized spacial score (nSPS) is 16.2. The number of nitrogens with zero attached hydrogens (tertiary/aromatic N) is 1. The van der Waals surface area contributed by atoms with E-state index < -0.39 is 5.97 Å². The fraction of sp³-hybridized carbons (Fsp3) is 0.750. The zero-order chi connectivity index (χ0) is 14.3. The van der Waals surface area contributed by atoms with E-state index in [1.165, 1.54) is 18.9 Å². The SMILES string of the molecule is COC(=O)CCSCC(=O)N1CCC(C(=O)O)CC1. The molecule has 0 atom stereocenters. The van der Waals surface area contributed by atoms with E-state index >= 15 is 0 Å². The Morgan fingerprint density at radius 1 is 1.32 bits per heavy atom. The van der Waals surface area contributed by atoms with Crippen molar-refractivity contribution >= 4 is 29.6 Å². The van der Waals surface area contributed by atoms with Crippen molar-refractivity contribution in [2.24, 2.45) is 5.92 Å². The molecule has 6 nitrogen and oxygen atoms in total. The van der Waals surface area contributed by atoms with Gasteiger partial charge in [0.25, 0.3) is 0 Å². The van der Waals surface area contributed by atoms with E-state index in [2.05, 4.69) is 4.74 Å². The number of hydrogen-bond acceptors (Lipinski definition) is 5. The quantitative estimate of drug-likeness (QED) is 0.569. The first-order valence-electron chi connectivity index (χ1n) is 6.19. The maximum atomic E-state index is 11.8. The van der Waals surface area contributed by atoms with Crippen molar-refractivity contribution in [3.8, 4) is 0 Å². The van der Waals surface area contributed by atoms with Gasteiger partial charge in [0.2, 0.25) is 5.91 Å². The maximum Gasteiger partial charge on any atom is 0.306 e. The molecule has 0 aliphatic carbocycles. The predicted molar refractivity (Wildman–Crippen MR) is 70.9 cm³/mol. The molecule has 1 aliphatic rings. The number of ether oxygens (including phenoxy) is 1. The summed E-state index contributed by atoms with van der Waals surface area (Å²) in [6.07, 6.45) is 1.34. The number of carbonyl (C=O) groups is 3. The molecule has 0 aromatic heterocycles. The lowest BCUT2D eigenvalue weighted by Crippen LogP contribution is -2.41. The standard InChI is InChI=1S/C12H19NO5S/c1-18-11(15)4-7-19-8-10(14)13-5-2-9(3-6-13)12(16)17/h9H,2-8H2,1H3,(H,16,17). The summed E-state index contributed by atoms with van der Waals surface area (Å²) in [6.45, 7) is 1.01. The van der Waals surface area contributed by atoms with Crippen LogP contribution >= 0.6 is 11.8 Å². The molecule has 1 N–H and O–H groups in total. The highest BCUT2D eigenvalue weighted by molar-refractivity contribution is 7.99. The molecular formula is C12H19NO5S. The summed E-state index contributed by atoms with van der Waals surface area (Å²) in [5, 5.41) is 8.86. The lowest BCUT2D eigenvalue weighted by atomic mass is 9.97. The third-order valence-electron chi connectivity index (χ3n) is 3.10. The minimum Gasteiger partial charge on any atom is -0.481 e. The number of esters is 1. The summed E-state index contributed by atoms with van der Waals surface area (Å²) in [4.78, 5) is 35.2. The Kier molecular flexibility index (Phi) is 6.69. The molecule has 1 saturated heterocycles.